The summed E-state index contributed by atoms with van der Waals surface area (Å²) < 4.78 is 5.27. The number of pyridine rings is 1. The van der Waals surface area contributed by atoms with Gasteiger partial charge in [-0.1, -0.05) is 6.92 Å². The molecule has 1 aliphatic carbocycles. The third-order valence-electron chi connectivity index (χ3n) is 5.81. The van der Waals surface area contributed by atoms with Gasteiger partial charge >= 0.3 is 0 Å². The number of carbonyl (C=O) groups is 1. The Morgan fingerprint density at radius 3 is 3.04 bits per heavy atom. The van der Waals surface area contributed by atoms with Crippen molar-refractivity contribution in [3.05, 3.63) is 41.5 Å². The Labute approximate surface area is 147 Å². The number of fused-ring (bicyclic) bond motifs is 1. The summed E-state index contributed by atoms with van der Waals surface area (Å²) in [6.07, 6.45) is 8.28. The van der Waals surface area contributed by atoms with Gasteiger partial charge < -0.3 is 9.64 Å². The van der Waals surface area contributed by atoms with E-state index in [-0.39, 0.29) is 17.7 Å². The van der Waals surface area contributed by atoms with E-state index in [1.54, 1.807) is 13.3 Å². The molecule has 2 aliphatic rings. The van der Waals surface area contributed by atoms with Crippen LogP contribution < -0.4 is 4.74 Å². The van der Waals surface area contributed by atoms with Gasteiger partial charge in [0.2, 0.25) is 5.91 Å². The second-order valence-electron chi connectivity index (χ2n) is 7.17. The van der Waals surface area contributed by atoms with Crippen LogP contribution in [0, 0.1) is 5.92 Å². The molecule has 1 fully saturated rings. The minimum atomic E-state index is 0.0623. The molecule has 2 aromatic rings. The van der Waals surface area contributed by atoms with Gasteiger partial charge in [0.25, 0.3) is 0 Å². The molecule has 0 aromatic carbocycles. The predicted molar refractivity (Wildman–Crippen MR) is 93.5 cm³/mol. The normalized spacial score (nSPS) is 25.7. The molecule has 0 radical (unpaired) electrons. The Hall–Kier alpha value is -2.37. The van der Waals surface area contributed by atoms with E-state index in [0.29, 0.717) is 5.92 Å². The average molecular weight is 340 g/mol. The van der Waals surface area contributed by atoms with Crippen molar-refractivity contribution in [3.63, 3.8) is 0 Å². The zero-order valence-corrected chi connectivity index (χ0v) is 14.7. The molecule has 0 bridgehead atoms. The number of amides is 1. The molecule has 1 aliphatic heterocycles. The molecule has 4 rings (SSSR count). The molecular weight excluding hydrogens is 316 g/mol. The molecule has 1 amide bonds. The van der Waals surface area contributed by atoms with Gasteiger partial charge in [-0.15, -0.1) is 0 Å². The van der Waals surface area contributed by atoms with Gasteiger partial charge in [-0.3, -0.25) is 14.9 Å². The van der Waals surface area contributed by atoms with Crippen molar-refractivity contribution in [2.75, 3.05) is 20.2 Å². The van der Waals surface area contributed by atoms with E-state index in [9.17, 15) is 4.79 Å². The van der Waals surface area contributed by atoms with Crippen LogP contribution in [-0.2, 0) is 11.2 Å². The van der Waals surface area contributed by atoms with Crippen molar-refractivity contribution in [2.45, 2.75) is 38.0 Å². The van der Waals surface area contributed by atoms with Crippen LogP contribution in [0.2, 0.25) is 0 Å². The molecule has 6 nitrogen and oxygen atoms in total. The van der Waals surface area contributed by atoms with Crippen LogP contribution in [0.5, 0.6) is 5.75 Å². The Balaban J connectivity index is 1.46. The van der Waals surface area contributed by atoms with Crippen LogP contribution >= 0.6 is 0 Å². The van der Waals surface area contributed by atoms with Crippen molar-refractivity contribution in [2.24, 2.45) is 5.92 Å². The van der Waals surface area contributed by atoms with Crippen LogP contribution in [0.3, 0.4) is 0 Å². The molecule has 3 heterocycles. The summed E-state index contributed by atoms with van der Waals surface area (Å²) in [7, 11) is 1.65. The van der Waals surface area contributed by atoms with Gasteiger partial charge in [0.05, 0.1) is 19.5 Å². The lowest BCUT2D eigenvalue weighted by molar-refractivity contribution is -0.135. The number of ether oxygens (including phenoxy) is 1. The first-order valence-electron chi connectivity index (χ1n) is 8.97. The number of aromatic amines is 1. The molecule has 6 heteroatoms. The maximum atomic E-state index is 13.1. The highest BCUT2D eigenvalue weighted by Gasteiger charge is 2.37. The van der Waals surface area contributed by atoms with E-state index in [2.05, 4.69) is 22.1 Å². The minimum absolute atomic E-state index is 0.0623. The quantitative estimate of drug-likeness (QED) is 0.932. The molecule has 3 unspecified atom stereocenters. The number of aromatic nitrogens is 3. The van der Waals surface area contributed by atoms with E-state index in [1.807, 2.05) is 23.4 Å². The SMILES string of the molecule is COc1cncc(C2CCN(C(=O)C3CCc4[nH]ncc4C3C)C2)c1. The highest BCUT2D eigenvalue weighted by Crippen LogP contribution is 2.38. The summed E-state index contributed by atoms with van der Waals surface area (Å²) in [5.74, 6) is 1.70. The van der Waals surface area contributed by atoms with Crippen molar-refractivity contribution in [1.82, 2.24) is 20.1 Å². The molecule has 25 heavy (non-hydrogen) atoms. The smallest absolute Gasteiger partial charge is 0.226 e. The number of methoxy groups -OCH3 is 1. The third-order valence-corrected chi connectivity index (χ3v) is 5.81. The molecular formula is C19H24N4O2. The summed E-state index contributed by atoms with van der Waals surface area (Å²) >= 11 is 0. The molecule has 0 spiro atoms. The van der Waals surface area contributed by atoms with E-state index in [4.69, 9.17) is 4.74 Å². The Kier molecular flexibility index (Phi) is 4.19. The average Bonchev–Trinajstić information content (AvgIpc) is 3.31. The van der Waals surface area contributed by atoms with Gasteiger partial charge in [-0.2, -0.15) is 5.10 Å². The first-order valence-corrected chi connectivity index (χ1v) is 8.97. The first kappa shape index (κ1) is 16.1. The standard InChI is InChI=1S/C19H24N4O2/c1-12-16(3-4-18-17(12)10-21-22-18)19(24)23-6-5-13(11-23)14-7-15(25-2)9-20-8-14/h7-10,12-13,16H,3-6,11H2,1-2H3,(H,21,22). The van der Waals surface area contributed by atoms with Gasteiger partial charge in [-0.05, 0) is 42.4 Å². The minimum Gasteiger partial charge on any atom is -0.495 e. The molecule has 1 N–H and O–H groups in total. The van der Waals surface area contributed by atoms with Gasteiger partial charge in [0.1, 0.15) is 5.75 Å². The molecule has 2 aromatic heterocycles. The van der Waals surface area contributed by atoms with Gasteiger partial charge in [0, 0.05) is 36.8 Å². The number of H-pyrrole nitrogens is 1. The highest BCUT2D eigenvalue weighted by atomic mass is 16.5. The summed E-state index contributed by atoms with van der Waals surface area (Å²) in [6.45, 7) is 3.74. The van der Waals surface area contributed by atoms with E-state index in [1.165, 1.54) is 11.3 Å². The molecule has 0 saturated carbocycles. The van der Waals surface area contributed by atoms with Crippen LogP contribution in [0.25, 0.3) is 0 Å². The summed E-state index contributed by atoms with van der Waals surface area (Å²) in [4.78, 5) is 19.4. The number of rotatable bonds is 3. The summed E-state index contributed by atoms with van der Waals surface area (Å²) in [5.41, 5.74) is 3.55. The van der Waals surface area contributed by atoms with Gasteiger partial charge in [0.15, 0.2) is 0 Å². The number of aryl methyl sites for hydroxylation is 1. The van der Waals surface area contributed by atoms with Crippen molar-refractivity contribution in [1.29, 1.82) is 0 Å². The van der Waals surface area contributed by atoms with E-state index in [0.717, 1.165) is 43.7 Å². The number of carbonyl (C=O) groups excluding carboxylic acids is 1. The lowest BCUT2D eigenvalue weighted by Gasteiger charge is -2.31. The summed E-state index contributed by atoms with van der Waals surface area (Å²) in [6, 6.07) is 2.03. The monoisotopic (exact) mass is 340 g/mol. The van der Waals surface area contributed by atoms with Gasteiger partial charge in [-0.25, -0.2) is 0 Å². The summed E-state index contributed by atoms with van der Waals surface area (Å²) in [5, 5.41) is 7.21. The van der Waals surface area contributed by atoms with Crippen molar-refractivity contribution < 1.29 is 9.53 Å². The Morgan fingerprint density at radius 2 is 2.20 bits per heavy atom. The number of nitrogens with zero attached hydrogens (tertiary/aromatic N) is 3. The van der Waals surface area contributed by atoms with Crippen LogP contribution in [-0.4, -0.2) is 46.2 Å². The molecule has 3 atom stereocenters. The topological polar surface area (TPSA) is 71.1 Å². The number of likely N-dealkylation sites (tertiary alicyclic amines) is 1. The maximum absolute atomic E-state index is 13.1. The lowest BCUT2D eigenvalue weighted by Crippen LogP contribution is -2.38. The number of nitrogens with one attached hydrogen (secondary N) is 1. The highest BCUT2D eigenvalue weighted by molar-refractivity contribution is 5.80. The Morgan fingerprint density at radius 1 is 1.32 bits per heavy atom. The zero-order valence-electron chi connectivity index (χ0n) is 14.7. The molecule has 1 saturated heterocycles. The van der Waals surface area contributed by atoms with Crippen LogP contribution in [0.15, 0.2) is 24.7 Å². The van der Waals surface area contributed by atoms with Crippen molar-refractivity contribution in [3.8, 4) is 5.75 Å². The fourth-order valence-corrected chi connectivity index (χ4v) is 4.26. The fourth-order valence-electron chi connectivity index (χ4n) is 4.26. The van der Waals surface area contributed by atoms with Crippen molar-refractivity contribution >= 4 is 5.91 Å². The predicted octanol–water partition coefficient (Wildman–Crippen LogP) is 2.50. The second-order valence-corrected chi connectivity index (χ2v) is 7.17. The van der Waals surface area contributed by atoms with E-state index >= 15 is 0 Å². The fraction of sp³-hybridized carbons (Fsp3) is 0.526. The largest absolute Gasteiger partial charge is 0.495 e. The van der Waals surface area contributed by atoms with E-state index < -0.39 is 0 Å². The number of hydrogen-bond donors (Lipinski definition) is 1. The third kappa shape index (κ3) is 2.90. The maximum Gasteiger partial charge on any atom is 0.226 e. The second kappa shape index (κ2) is 6.50. The first-order chi connectivity index (χ1) is 12.2. The molecule has 132 valence electrons. The van der Waals surface area contributed by atoms with Crippen LogP contribution in [0.4, 0.5) is 0 Å². The zero-order chi connectivity index (χ0) is 17.4. The Bertz CT molecular complexity index is 772. The number of hydrogen-bond acceptors (Lipinski definition) is 4. The lowest BCUT2D eigenvalue weighted by atomic mass is 9.78. The van der Waals surface area contributed by atoms with Crippen LogP contribution in [0.1, 0.15) is 48.4 Å².